The molecule has 1 aliphatic rings. The first kappa shape index (κ1) is 26.3. The van der Waals surface area contributed by atoms with Crippen LogP contribution in [0.1, 0.15) is 49.7 Å². The Morgan fingerprint density at radius 2 is 1.86 bits per heavy atom. The minimum atomic E-state index is -4.17. The third kappa shape index (κ3) is 5.97. The second kappa shape index (κ2) is 9.60. The van der Waals surface area contributed by atoms with Crippen LogP contribution < -0.4 is 14.8 Å². The molecule has 1 saturated carbocycles. The van der Waals surface area contributed by atoms with Gasteiger partial charge in [0.2, 0.25) is 21.8 Å². The highest BCUT2D eigenvalue weighted by Gasteiger charge is 2.31. The fourth-order valence-electron chi connectivity index (χ4n) is 3.62. The first-order valence-electron chi connectivity index (χ1n) is 11.5. The molecule has 1 aliphatic carbocycles. The lowest BCUT2D eigenvalue weighted by atomic mass is 10.1. The Kier molecular flexibility index (Phi) is 6.82. The van der Waals surface area contributed by atoms with Gasteiger partial charge in [-0.25, -0.2) is 22.3 Å². The zero-order chi connectivity index (χ0) is 27.1. The number of hydrogen-bond acceptors (Lipinski definition) is 6. The van der Waals surface area contributed by atoms with Crippen molar-refractivity contribution in [3.63, 3.8) is 0 Å². The lowest BCUT2D eigenvalue weighted by Gasteiger charge is -2.22. The summed E-state index contributed by atoms with van der Waals surface area (Å²) in [5, 5.41) is 16.4. The van der Waals surface area contributed by atoms with Crippen LogP contribution in [0, 0.1) is 18.7 Å². The molecule has 2 aromatic carbocycles. The number of carboxylic acids is 1. The van der Waals surface area contributed by atoms with E-state index in [4.69, 9.17) is 4.74 Å². The van der Waals surface area contributed by atoms with Gasteiger partial charge in [0, 0.05) is 22.7 Å². The summed E-state index contributed by atoms with van der Waals surface area (Å²) in [6.45, 7) is 6.47. The molecule has 12 heteroatoms. The van der Waals surface area contributed by atoms with E-state index in [-0.39, 0.29) is 51.0 Å². The number of benzene rings is 2. The van der Waals surface area contributed by atoms with Gasteiger partial charge in [-0.1, -0.05) is 6.07 Å². The predicted octanol–water partition coefficient (Wildman–Crippen LogP) is 4.24. The summed E-state index contributed by atoms with van der Waals surface area (Å²) in [6, 6.07) is 9.41. The lowest BCUT2D eigenvalue weighted by molar-refractivity contribution is -0.117. The predicted molar refractivity (Wildman–Crippen MR) is 133 cm³/mol. The maximum absolute atomic E-state index is 13.9. The first-order chi connectivity index (χ1) is 17.2. The van der Waals surface area contributed by atoms with Gasteiger partial charge in [0.25, 0.3) is 0 Å². The number of carbonyl (C=O) groups excluding carboxylic acids is 1. The molecule has 0 atom stereocenters. The van der Waals surface area contributed by atoms with Gasteiger partial charge in [0.1, 0.15) is 16.5 Å². The summed E-state index contributed by atoms with van der Waals surface area (Å²) in [5.41, 5.74) is -0.630. The van der Waals surface area contributed by atoms with Crippen LogP contribution >= 0.6 is 0 Å². The summed E-state index contributed by atoms with van der Waals surface area (Å²) < 4.78 is 50.3. The highest BCUT2D eigenvalue weighted by atomic mass is 32.2. The Morgan fingerprint density at radius 1 is 1.16 bits per heavy atom. The number of nitrogens with zero attached hydrogens (tertiary/aromatic N) is 2. The van der Waals surface area contributed by atoms with Crippen molar-refractivity contribution in [3.05, 3.63) is 59.5 Å². The molecule has 37 heavy (non-hydrogen) atoms. The molecule has 3 aromatic rings. The van der Waals surface area contributed by atoms with Crippen molar-refractivity contribution in [2.45, 2.75) is 51.0 Å². The molecule has 196 valence electrons. The van der Waals surface area contributed by atoms with Crippen molar-refractivity contribution in [1.82, 2.24) is 14.5 Å². The second-order valence-electron chi connectivity index (χ2n) is 9.86. The molecule has 0 saturated heterocycles. The van der Waals surface area contributed by atoms with E-state index in [0.29, 0.717) is 0 Å². The molecule has 4 rings (SSSR count). The molecule has 0 unspecified atom stereocenters. The molecule has 3 N–H and O–H groups in total. The molecule has 1 fully saturated rings. The molecule has 1 heterocycles. The van der Waals surface area contributed by atoms with Gasteiger partial charge in [0.15, 0.2) is 5.69 Å². The zero-order valence-electron chi connectivity index (χ0n) is 20.7. The van der Waals surface area contributed by atoms with E-state index >= 15 is 0 Å². The average molecular weight is 531 g/mol. The maximum Gasteiger partial charge on any atom is 0.356 e. The van der Waals surface area contributed by atoms with Crippen LogP contribution in [0.4, 0.5) is 10.1 Å². The van der Waals surface area contributed by atoms with Gasteiger partial charge < -0.3 is 15.2 Å². The smallest absolute Gasteiger partial charge is 0.356 e. The highest BCUT2D eigenvalue weighted by molar-refractivity contribution is 7.89. The molecule has 0 aliphatic heterocycles. The monoisotopic (exact) mass is 530 g/mol. The largest absolute Gasteiger partial charge is 0.476 e. The van der Waals surface area contributed by atoms with E-state index in [1.807, 2.05) is 0 Å². The number of sulfonamides is 1. The lowest BCUT2D eigenvalue weighted by Crippen LogP contribution is -2.40. The van der Waals surface area contributed by atoms with Gasteiger partial charge in [-0.2, -0.15) is 9.78 Å². The number of aromatic carboxylic acids is 1. The fraction of sp³-hybridized carbons (Fsp3) is 0.320. The van der Waals surface area contributed by atoms with Crippen molar-refractivity contribution in [2.24, 2.45) is 5.92 Å². The van der Waals surface area contributed by atoms with Gasteiger partial charge in [0.05, 0.1) is 5.69 Å². The van der Waals surface area contributed by atoms with Gasteiger partial charge in [-0.05, 0) is 76.9 Å². The molecular formula is C25H27FN4O6S. The van der Waals surface area contributed by atoms with Gasteiger partial charge >= 0.3 is 5.97 Å². The van der Waals surface area contributed by atoms with E-state index < -0.39 is 27.3 Å². The summed E-state index contributed by atoms with van der Waals surface area (Å²) in [7, 11) is -4.17. The van der Waals surface area contributed by atoms with E-state index in [2.05, 4.69) is 15.1 Å². The third-order valence-electron chi connectivity index (χ3n) is 5.42. The molecule has 0 spiro atoms. The van der Waals surface area contributed by atoms with Gasteiger partial charge in [-0.15, -0.1) is 0 Å². The summed E-state index contributed by atoms with van der Waals surface area (Å²) in [5.74, 6) is -2.46. The minimum Gasteiger partial charge on any atom is -0.476 e. The zero-order valence-corrected chi connectivity index (χ0v) is 21.5. The molecule has 10 nitrogen and oxygen atoms in total. The molecule has 0 bridgehead atoms. The third-order valence-corrected chi connectivity index (χ3v) is 7.20. The Bertz CT molecular complexity index is 1490. The number of carbonyl (C=O) groups is 2. The van der Waals surface area contributed by atoms with E-state index in [9.17, 15) is 27.5 Å². The van der Waals surface area contributed by atoms with Crippen molar-refractivity contribution in [2.75, 3.05) is 5.32 Å². The highest BCUT2D eigenvalue weighted by Crippen LogP contribution is 2.36. The average Bonchev–Trinajstić information content (AvgIpc) is 3.58. The molecular weight excluding hydrogens is 503 g/mol. The Hall–Kier alpha value is -3.77. The summed E-state index contributed by atoms with van der Waals surface area (Å²) >= 11 is 0. The Labute approximate surface area is 213 Å². The molecule has 1 amide bonds. The molecule has 1 aromatic heterocycles. The van der Waals surface area contributed by atoms with Crippen LogP contribution in [0.25, 0.3) is 5.69 Å². The van der Waals surface area contributed by atoms with Gasteiger partial charge in [-0.3, -0.25) is 4.79 Å². The van der Waals surface area contributed by atoms with E-state index in [1.165, 1.54) is 43.3 Å². The number of ether oxygens (including phenoxy) is 1. The van der Waals surface area contributed by atoms with Crippen molar-refractivity contribution in [3.8, 4) is 17.3 Å². The number of hydrogen-bond donors (Lipinski definition) is 3. The van der Waals surface area contributed by atoms with Crippen LogP contribution in [-0.2, 0) is 14.8 Å². The number of rotatable bonds is 8. The topological polar surface area (TPSA) is 140 Å². The standard InChI is InChI=1S/C25H27FN4O6S/c1-14-21(24(32)33)28-30(18-7-5-6-16(26)12-18)23(14)36-19-11-10-17(27-22(31)15-8-9-15)13-20(19)37(34,35)29-25(2,3)4/h5-7,10-13,15,29H,8-9H2,1-4H3,(H,27,31)(H,32,33). The number of halogens is 1. The fourth-order valence-corrected chi connectivity index (χ4v) is 5.19. The SMILES string of the molecule is Cc1c(C(=O)O)nn(-c2cccc(F)c2)c1Oc1ccc(NC(=O)C2CC2)cc1S(=O)(=O)NC(C)(C)C. The van der Waals surface area contributed by atoms with Crippen molar-refractivity contribution < 1.29 is 32.2 Å². The minimum absolute atomic E-state index is 0.0959. The van der Waals surface area contributed by atoms with Crippen LogP contribution in [0.15, 0.2) is 47.4 Å². The molecule has 0 radical (unpaired) electrons. The first-order valence-corrected chi connectivity index (χ1v) is 13.0. The van der Waals surface area contributed by atoms with Crippen molar-refractivity contribution >= 4 is 27.6 Å². The number of amides is 1. The number of anilines is 1. The van der Waals surface area contributed by atoms with Crippen LogP contribution in [0.5, 0.6) is 11.6 Å². The summed E-state index contributed by atoms with van der Waals surface area (Å²) in [4.78, 5) is 23.8. The number of carboxylic acid groups (broad SMARTS) is 1. The van der Waals surface area contributed by atoms with Crippen molar-refractivity contribution in [1.29, 1.82) is 0 Å². The number of nitrogens with one attached hydrogen (secondary N) is 2. The maximum atomic E-state index is 13.9. The number of aromatic nitrogens is 2. The summed E-state index contributed by atoms with van der Waals surface area (Å²) in [6.07, 6.45) is 1.55. The van der Waals surface area contributed by atoms with E-state index in [1.54, 1.807) is 20.8 Å². The Balaban J connectivity index is 1.83. The Morgan fingerprint density at radius 3 is 2.46 bits per heavy atom. The van der Waals surface area contributed by atoms with Crippen LogP contribution in [-0.4, -0.2) is 40.7 Å². The van der Waals surface area contributed by atoms with E-state index in [0.717, 1.165) is 23.6 Å². The van der Waals surface area contributed by atoms with Crippen LogP contribution in [0.2, 0.25) is 0 Å². The van der Waals surface area contributed by atoms with Crippen LogP contribution in [0.3, 0.4) is 0 Å². The normalized spacial score (nSPS) is 13.9. The second-order valence-corrected chi connectivity index (χ2v) is 11.5. The quantitative estimate of drug-likeness (QED) is 0.396.